The minimum atomic E-state index is -1.17. The van der Waals surface area contributed by atoms with E-state index in [-0.39, 0.29) is 17.3 Å². The number of hydrogen-bond acceptors (Lipinski definition) is 3. The van der Waals surface area contributed by atoms with E-state index in [9.17, 15) is 9.18 Å². The summed E-state index contributed by atoms with van der Waals surface area (Å²) < 4.78 is 15.8. The molecule has 0 aliphatic carbocycles. The summed E-state index contributed by atoms with van der Waals surface area (Å²) in [6.07, 6.45) is 0. The van der Waals surface area contributed by atoms with Crippen LogP contribution in [0.15, 0.2) is 22.7 Å². The number of rotatable bonds is 3. The van der Waals surface area contributed by atoms with Crippen molar-refractivity contribution < 1.29 is 14.3 Å². The van der Waals surface area contributed by atoms with Crippen LogP contribution in [0.5, 0.6) is 0 Å². The maximum Gasteiger partial charge on any atom is 0.358 e. The molecular weight excluding hydrogens is 317 g/mol. The topological polar surface area (TPSA) is 68.0 Å². The first-order chi connectivity index (χ1) is 8.91. The van der Waals surface area contributed by atoms with Gasteiger partial charge < -0.3 is 5.11 Å². The number of benzene rings is 1. The lowest BCUT2D eigenvalue weighted by molar-refractivity contribution is 0.0688. The van der Waals surface area contributed by atoms with Crippen LogP contribution in [-0.4, -0.2) is 26.1 Å². The maximum atomic E-state index is 13.9. The summed E-state index contributed by atoms with van der Waals surface area (Å²) in [5.41, 5.74) is 0.387. The molecule has 2 aromatic rings. The van der Waals surface area contributed by atoms with Crippen LogP contribution in [0.25, 0.3) is 5.69 Å². The van der Waals surface area contributed by atoms with Crippen molar-refractivity contribution in [2.75, 3.05) is 0 Å². The monoisotopic (exact) mass is 327 g/mol. The Kier molecular flexibility index (Phi) is 3.66. The first kappa shape index (κ1) is 13.7. The van der Waals surface area contributed by atoms with Crippen LogP contribution in [0.3, 0.4) is 0 Å². The standard InChI is InChI=1S/C12H11BrFN3O2/c1-6(2)11-10(12(18)19)15-16-17(11)9-4-3-7(13)5-8(9)14/h3-6H,1-2H3,(H,18,19). The molecule has 1 aromatic carbocycles. The molecule has 1 N–H and O–H groups in total. The number of nitrogens with zero attached hydrogens (tertiary/aromatic N) is 3. The third-order valence-electron chi connectivity index (χ3n) is 2.59. The lowest BCUT2D eigenvalue weighted by Crippen LogP contribution is -2.09. The molecule has 0 saturated heterocycles. The molecule has 0 bridgehead atoms. The molecule has 0 atom stereocenters. The Bertz CT molecular complexity index is 640. The summed E-state index contributed by atoms with van der Waals surface area (Å²) in [6, 6.07) is 4.47. The van der Waals surface area contributed by atoms with Crippen LogP contribution in [0.4, 0.5) is 4.39 Å². The number of halogens is 2. The van der Waals surface area contributed by atoms with Gasteiger partial charge in [0, 0.05) is 4.47 Å². The smallest absolute Gasteiger partial charge is 0.358 e. The summed E-state index contributed by atoms with van der Waals surface area (Å²) >= 11 is 3.17. The zero-order valence-corrected chi connectivity index (χ0v) is 11.8. The van der Waals surface area contributed by atoms with E-state index >= 15 is 0 Å². The van der Waals surface area contributed by atoms with E-state index in [1.165, 1.54) is 16.8 Å². The number of carbonyl (C=O) groups is 1. The number of carboxylic acid groups (broad SMARTS) is 1. The highest BCUT2D eigenvalue weighted by Crippen LogP contribution is 2.24. The Balaban J connectivity index is 2.65. The van der Waals surface area contributed by atoms with Crippen LogP contribution >= 0.6 is 15.9 Å². The first-order valence-electron chi connectivity index (χ1n) is 5.56. The molecule has 7 heteroatoms. The van der Waals surface area contributed by atoms with Gasteiger partial charge in [0.2, 0.25) is 0 Å². The summed E-state index contributed by atoms with van der Waals surface area (Å²) in [6.45, 7) is 3.61. The van der Waals surface area contributed by atoms with E-state index in [1.54, 1.807) is 19.9 Å². The van der Waals surface area contributed by atoms with E-state index < -0.39 is 11.8 Å². The largest absolute Gasteiger partial charge is 0.476 e. The van der Waals surface area contributed by atoms with Crippen molar-refractivity contribution >= 4 is 21.9 Å². The Morgan fingerprint density at radius 2 is 2.16 bits per heavy atom. The second-order valence-corrected chi connectivity index (χ2v) is 5.21. The van der Waals surface area contributed by atoms with Crippen molar-refractivity contribution in [3.05, 3.63) is 39.9 Å². The fraction of sp³-hybridized carbons (Fsp3) is 0.250. The molecular formula is C12H11BrFN3O2. The zero-order valence-electron chi connectivity index (χ0n) is 10.3. The highest BCUT2D eigenvalue weighted by atomic mass is 79.9. The molecule has 0 aliphatic rings. The highest BCUT2D eigenvalue weighted by molar-refractivity contribution is 9.10. The number of aromatic carboxylic acids is 1. The lowest BCUT2D eigenvalue weighted by atomic mass is 10.1. The zero-order chi connectivity index (χ0) is 14.2. The summed E-state index contributed by atoms with van der Waals surface area (Å²) in [5, 5.41) is 16.4. The molecule has 0 saturated carbocycles. The number of aromatic nitrogens is 3. The molecule has 5 nitrogen and oxygen atoms in total. The van der Waals surface area contributed by atoms with Gasteiger partial charge in [-0.2, -0.15) is 0 Å². The van der Waals surface area contributed by atoms with Gasteiger partial charge in [-0.05, 0) is 24.1 Å². The Labute approximate surface area is 117 Å². The van der Waals surface area contributed by atoms with E-state index in [0.717, 1.165) is 0 Å². The average Bonchev–Trinajstić information content (AvgIpc) is 2.73. The molecule has 19 heavy (non-hydrogen) atoms. The Hall–Kier alpha value is -1.76. The molecule has 0 radical (unpaired) electrons. The fourth-order valence-corrected chi connectivity index (χ4v) is 2.12. The fourth-order valence-electron chi connectivity index (χ4n) is 1.79. The van der Waals surface area contributed by atoms with Crippen molar-refractivity contribution in [1.29, 1.82) is 0 Å². The number of hydrogen-bond donors (Lipinski definition) is 1. The van der Waals surface area contributed by atoms with E-state index in [4.69, 9.17) is 5.11 Å². The summed E-state index contributed by atoms with van der Waals surface area (Å²) in [4.78, 5) is 11.1. The molecule has 0 spiro atoms. The van der Waals surface area contributed by atoms with Gasteiger partial charge in [-0.25, -0.2) is 13.9 Å². The first-order valence-corrected chi connectivity index (χ1v) is 6.35. The van der Waals surface area contributed by atoms with Gasteiger partial charge in [0.1, 0.15) is 11.5 Å². The van der Waals surface area contributed by atoms with Gasteiger partial charge in [-0.1, -0.05) is 35.0 Å². The van der Waals surface area contributed by atoms with Crippen LogP contribution < -0.4 is 0 Å². The minimum Gasteiger partial charge on any atom is -0.476 e. The summed E-state index contributed by atoms with van der Waals surface area (Å²) in [5.74, 6) is -1.82. The van der Waals surface area contributed by atoms with Crippen molar-refractivity contribution in [3.63, 3.8) is 0 Å². The Morgan fingerprint density at radius 1 is 1.47 bits per heavy atom. The lowest BCUT2D eigenvalue weighted by Gasteiger charge is -2.10. The van der Waals surface area contributed by atoms with Gasteiger partial charge >= 0.3 is 5.97 Å². The van der Waals surface area contributed by atoms with Gasteiger partial charge in [0.15, 0.2) is 5.69 Å². The average molecular weight is 328 g/mol. The molecule has 0 amide bonds. The predicted octanol–water partition coefficient (Wildman–Crippen LogP) is 2.99. The van der Waals surface area contributed by atoms with Crippen LogP contribution in [-0.2, 0) is 0 Å². The molecule has 0 unspecified atom stereocenters. The van der Waals surface area contributed by atoms with Crippen LogP contribution in [0, 0.1) is 5.82 Å². The van der Waals surface area contributed by atoms with Crippen molar-refractivity contribution in [2.45, 2.75) is 19.8 Å². The van der Waals surface area contributed by atoms with Crippen molar-refractivity contribution in [1.82, 2.24) is 15.0 Å². The van der Waals surface area contributed by atoms with Crippen molar-refractivity contribution in [3.8, 4) is 5.69 Å². The molecule has 1 aromatic heterocycles. The highest BCUT2D eigenvalue weighted by Gasteiger charge is 2.23. The molecule has 100 valence electrons. The van der Waals surface area contributed by atoms with E-state index in [1.807, 2.05) is 0 Å². The maximum absolute atomic E-state index is 13.9. The molecule has 0 fully saturated rings. The van der Waals surface area contributed by atoms with Gasteiger partial charge in [0.05, 0.1) is 5.69 Å². The van der Waals surface area contributed by atoms with E-state index in [0.29, 0.717) is 10.2 Å². The van der Waals surface area contributed by atoms with Gasteiger partial charge in [-0.3, -0.25) is 0 Å². The SMILES string of the molecule is CC(C)c1c(C(=O)O)nnn1-c1ccc(Br)cc1F. The minimum absolute atomic E-state index is 0.149. The normalized spacial score (nSPS) is 11.0. The van der Waals surface area contributed by atoms with Crippen LogP contribution in [0.2, 0.25) is 0 Å². The molecule has 1 heterocycles. The molecule has 0 aliphatic heterocycles. The third kappa shape index (κ3) is 2.51. The molecule has 2 rings (SSSR count). The quantitative estimate of drug-likeness (QED) is 0.940. The van der Waals surface area contributed by atoms with Crippen LogP contribution in [0.1, 0.15) is 35.9 Å². The predicted molar refractivity (Wildman–Crippen MR) is 70.1 cm³/mol. The van der Waals surface area contributed by atoms with Gasteiger partial charge in [-0.15, -0.1) is 5.10 Å². The number of carboxylic acids is 1. The van der Waals surface area contributed by atoms with Gasteiger partial charge in [0.25, 0.3) is 0 Å². The second kappa shape index (κ2) is 5.08. The third-order valence-corrected chi connectivity index (χ3v) is 3.09. The van der Waals surface area contributed by atoms with E-state index in [2.05, 4.69) is 26.2 Å². The summed E-state index contributed by atoms with van der Waals surface area (Å²) in [7, 11) is 0. The Morgan fingerprint density at radius 3 is 2.68 bits per heavy atom. The second-order valence-electron chi connectivity index (χ2n) is 4.29. The van der Waals surface area contributed by atoms with Crippen molar-refractivity contribution in [2.24, 2.45) is 0 Å².